The van der Waals surface area contributed by atoms with Gasteiger partial charge >= 0.3 is 0 Å². The van der Waals surface area contributed by atoms with E-state index in [2.05, 4.69) is 60.3 Å². The Hall–Kier alpha value is -0.0400. The van der Waals surface area contributed by atoms with Crippen LogP contribution in [0.15, 0.2) is 0 Å². The van der Waals surface area contributed by atoms with E-state index in [1.165, 1.54) is 77.4 Å². The zero-order chi connectivity index (χ0) is 19.9. The standard InChI is InChI=1S/C25H53N/c1-21(2)11-9-13-24(7)16-19-26(18-15-23(5)6)20-17-25(8)14-10-12-22(3)4/h21-25H,9-20H2,1-8H3. The lowest BCUT2D eigenvalue weighted by molar-refractivity contribution is 0.220. The Bertz CT molecular complexity index is 271. The molecule has 0 heterocycles. The molecule has 0 radical (unpaired) electrons. The SMILES string of the molecule is CC(C)CCCC(C)CCN(CCC(C)C)CCC(C)CCCC(C)C. The Morgan fingerprint density at radius 1 is 0.423 bits per heavy atom. The largest absolute Gasteiger partial charge is 0.303 e. The maximum Gasteiger partial charge on any atom is -0.00162 e. The summed E-state index contributed by atoms with van der Waals surface area (Å²) in [5.41, 5.74) is 0. The number of hydrogen-bond acceptors (Lipinski definition) is 1. The predicted octanol–water partition coefficient (Wildman–Crippen LogP) is 8.04. The second kappa shape index (κ2) is 16.0. The molecule has 0 fully saturated rings. The van der Waals surface area contributed by atoms with Crippen LogP contribution < -0.4 is 0 Å². The highest BCUT2D eigenvalue weighted by Crippen LogP contribution is 2.18. The van der Waals surface area contributed by atoms with Crippen LogP contribution in [0, 0.1) is 29.6 Å². The van der Waals surface area contributed by atoms with E-state index < -0.39 is 0 Å². The van der Waals surface area contributed by atoms with Crippen molar-refractivity contribution in [1.29, 1.82) is 0 Å². The van der Waals surface area contributed by atoms with E-state index >= 15 is 0 Å². The molecule has 0 aliphatic heterocycles. The first-order valence-electron chi connectivity index (χ1n) is 11.9. The number of nitrogens with zero attached hydrogens (tertiary/aromatic N) is 1. The highest BCUT2D eigenvalue weighted by Gasteiger charge is 2.12. The highest BCUT2D eigenvalue weighted by atomic mass is 15.1. The minimum absolute atomic E-state index is 0.824. The molecule has 2 unspecified atom stereocenters. The van der Waals surface area contributed by atoms with Crippen LogP contribution in [0.3, 0.4) is 0 Å². The first-order valence-corrected chi connectivity index (χ1v) is 11.9. The predicted molar refractivity (Wildman–Crippen MR) is 121 cm³/mol. The van der Waals surface area contributed by atoms with Crippen LogP contribution >= 0.6 is 0 Å². The molecule has 0 saturated carbocycles. The lowest BCUT2D eigenvalue weighted by atomic mass is 9.96. The van der Waals surface area contributed by atoms with Gasteiger partial charge in [-0.05, 0) is 68.5 Å². The summed E-state index contributed by atoms with van der Waals surface area (Å²) in [7, 11) is 0. The lowest BCUT2D eigenvalue weighted by Crippen LogP contribution is -2.30. The van der Waals surface area contributed by atoms with Gasteiger partial charge in [0.1, 0.15) is 0 Å². The van der Waals surface area contributed by atoms with Gasteiger partial charge in [-0.15, -0.1) is 0 Å². The second-order valence-electron chi connectivity index (χ2n) is 10.5. The van der Waals surface area contributed by atoms with E-state index in [0.29, 0.717) is 0 Å². The fraction of sp³-hybridized carbons (Fsp3) is 1.00. The third-order valence-corrected chi connectivity index (χ3v) is 5.86. The molecule has 0 aromatic rings. The van der Waals surface area contributed by atoms with Crippen molar-refractivity contribution in [3.8, 4) is 0 Å². The third kappa shape index (κ3) is 17.4. The second-order valence-corrected chi connectivity index (χ2v) is 10.5. The van der Waals surface area contributed by atoms with Gasteiger partial charge in [-0.3, -0.25) is 0 Å². The molecule has 0 aliphatic carbocycles. The molecule has 1 nitrogen and oxygen atoms in total. The van der Waals surface area contributed by atoms with E-state index in [9.17, 15) is 0 Å². The number of rotatable bonds is 17. The Balaban J connectivity index is 4.13. The lowest BCUT2D eigenvalue weighted by Gasteiger charge is -2.26. The van der Waals surface area contributed by atoms with Crippen molar-refractivity contribution < 1.29 is 0 Å². The normalized spacial score (nSPS) is 14.8. The summed E-state index contributed by atoms with van der Waals surface area (Å²) in [6.07, 6.45) is 12.6. The molecular weight excluding hydrogens is 314 g/mol. The summed E-state index contributed by atoms with van der Waals surface area (Å²) in [6, 6.07) is 0. The van der Waals surface area contributed by atoms with E-state index in [-0.39, 0.29) is 0 Å². The van der Waals surface area contributed by atoms with Crippen molar-refractivity contribution in [2.45, 2.75) is 113 Å². The van der Waals surface area contributed by atoms with Crippen LogP contribution in [0.5, 0.6) is 0 Å². The van der Waals surface area contributed by atoms with Crippen molar-refractivity contribution in [2.75, 3.05) is 19.6 Å². The summed E-state index contributed by atoms with van der Waals surface area (Å²) >= 11 is 0. The van der Waals surface area contributed by atoms with E-state index in [0.717, 1.165) is 29.6 Å². The highest BCUT2D eigenvalue weighted by molar-refractivity contribution is 4.66. The molecule has 0 bridgehead atoms. The van der Waals surface area contributed by atoms with Crippen LogP contribution in [0.25, 0.3) is 0 Å². The van der Waals surface area contributed by atoms with Gasteiger partial charge in [-0.25, -0.2) is 0 Å². The molecule has 0 aliphatic rings. The molecule has 0 amide bonds. The van der Waals surface area contributed by atoms with Crippen molar-refractivity contribution >= 4 is 0 Å². The molecule has 0 rings (SSSR count). The van der Waals surface area contributed by atoms with E-state index in [1.807, 2.05) is 0 Å². The van der Waals surface area contributed by atoms with Gasteiger partial charge in [0.15, 0.2) is 0 Å². The molecule has 0 N–H and O–H groups in total. The molecular formula is C25H53N. The molecule has 0 spiro atoms. The number of hydrogen-bond donors (Lipinski definition) is 0. The Morgan fingerprint density at radius 2 is 0.769 bits per heavy atom. The average molecular weight is 368 g/mol. The zero-order valence-electron chi connectivity index (χ0n) is 19.8. The maximum absolute atomic E-state index is 2.78. The topological polar surface area (TPSA) is 3.24 Å². The fourth-order valence-corrected chi connectivity index (χ4v) is 3.62. The van der Waals surface area contributed by atoms with Gasteiger partial charge in [-0.2, -0.15) is 0 Å². The molecule has 0 aromatic carbocycles. The van der Waals surface area contributed by atoms with Crippen LogP contribution in [-0.4, -0.2) is 24.5 Å². The Kier molecular flexibility index (Phi) is 15.9. The fourth-order valence-electron chi connectivity index (χ4n) is 3.62. The van der Waals surface area contributed by atoms with Crippen LogP contribution in [0.1, 0.15) is 113 Å². The van der Waals surface area contributed by atoms with Gasteiger partial charge < -0.3 is 4.90 Å². The van der Waals surface area contributed by atoms with Crippen LogP contribution in [0.2, 0.25) is 0 Å². The minimum Gasteiger partial charge on any atom is -0.303 e. The van der Waals surface area contributed by atoms with Gasteiger partial charge in [-0.1, -0.05) is 93.9 Å². The van der Waals surface area contributed by atoms with Gasteiger partial charge in [0.25, 0.3) is 0 Å². The molecule has 158 valence electrons. The molecule has 26 heavy (non-hydrogen) atoms. The van der Waals surface area contributed by atoms with Crippen LogP contribution in [-0.2, 0) is 0 Å². The molecule has 1 heteroatoms. The molecule has 0 aromatic heterocycles. The quantitative estimate of drug-likeness (QED) is 0.251. The van der Waals surface area contributed by atoms with Crippen molar-refractivity contribution in [3.05, 3.63) is 0 Å². The van der Waals surface area contributed by atoms with Crippen LogP contribution in [0.4, 0.5) is 0 Å². The maximum atomic E-state index is 2.78. The summed E-state index contributed by atoms with van der Waals surface area (Å²) in [4.78, 5) is 2.78. The summed E-state index contributed by atoms with van der Waals surface area (Å²) in [5.74, 6) is 4.32. The summed E-state index contributed by atoms with van der Waals surface area (Å²) < 4.78 is 0. The average Bonchev–Trinajstić information content (AvgIpc) is 2.53. The summed E-state index contributed by atoms with van der Waals surface area (Å²) in [6.45, 7) is 23.0. The van der Waals surface area contributed by atoms with E-state index in [4.69, 9.17) is 0 Å². The third-order valence-electron chi connectivity index (χ3n) is 5.86. The smallest absolute Gasteiger partial charge is 0.00162 e. The van der Waals surface area contributed by atoms with Gasteiger partial charge in [0.05, 0.1) is 0 Å². The Labute approximate surface area is 167 Å². The summed E-state index contributed by atoms with van der Waals surface area (Å²) in [5, 5.41) is 0. The minimum atomic E-state index is 0.824. The monoisotopic (exact) mass is 367 g/mol. The Morgan fingerprint density at radius 3 is 1.12 bits per heavy atom. The van der Waals surface area contributed by atoms with Crippen molar-refractivity contribution in [1.82, 2.24) is 4.90 Å². The van der Waals surface area contributed by atoms with Crippen molar-refractivity contribution in [2.24, 2.45) is 29.6 Å². The zero-order valence-corrected chi connectivity index (χ0v) is 19.8. The van der Waals surface area contributed by atoms with Gasteiger partial charge in [0.2, 0.25) is 0 Å². The first-order chi connectivity index (χ1) is 12.2. The molecule has 0 saturated heterocycles. The van der Waals surface area contributed by atoms with E-state index in [1.54, 1.807) is 0 Å². The molecule has 2 atom stereocenters. The van der Waals surface area contributed by atoms with Gasteiger partial charge in [0, 0.05) is 0 Å². The van der Waals surface area contributed by atoms with Crippen molar-refractivity contribution in [3.63, 3.8) is 0 Å². The first kappa shape index (κ1) is 26.0.